The molecule has 6 heteroatoms. The zero-order chi connectivity index (χ0) is 18.7. The maximum absolute atomic E-state index is 13.3. The molecule has 3 rings (SSSR count). The minimum absolute atomic E-state index is 0.270. The summed E-state index contributed by atoms with van der Waals surface area (Å²) in [4.78, 5) is 12.5. The van der Waals surface area contributed by atoms with Crippen molar-refractivity contribution < 1.29 is 18.3 Å². The van der Waals surface area contributed by atoms with E-state index in [1.807, 2.05) is 19.2 Å². The summed E-state index contributed by atoms with van der Waals surface area (Å²) in [6, 6.07) is 9.59. The topological polar surface area (TPSA) is 63.5 Å². The van der Waals surface area contributed by atoms with E-state index in [2.05, 4.69) is 10.6 Å². The minimum Gasteiger partial charge on any atom is -0.496 e. The first kappa shape index (κ1) is 17.9. The van der Waals surface area contributed by atoms with Gasteiger partial charge in [0.05, 0.1) is 12.7 Å². The molecular formula is C20H21FN2O3. The predicted molar refractivity (Wildman–Crippen MR) is 99.2 cm³/mol. The van der Waals surface area contributed by atoms with Crippen molar-refractivity contribution >= 4 is 16.9 Å². The molecular weight excluding hydrogens is 335 g/mol. The van der Waals surface area contributed by atoms with E-state index in [0.29, 0.717) is 33.6 Å². The summed E-state index contributed by atoms with van der Waals surface area (Å²) < 4.78 is 24.8. The number of likely N-dealkylation sites (N-methyl/N-ethyl adjacent to an activating group) is 1. The van der Waals surface area contributed by atoms with Crippen LogP contribution in [0.4, 0.5) is 4.39 Å². The van der Waals surface area contributed by atoms with E-state index in [-0.39, 0.29) is 11.7 Å². The molecule has 136 valence electrons. The number of nitrogens with one attached hydrogen (secondary N) is 2. The predicted octanol–water partition coefficient (Wildman–Crippen LogP) is 3.37. The zero-order valence-corrected chi connectivity index (χ0v) is 15.0. The highest BCUT2D eigenvalue weighted by Gasteiger charge is 2.23. The zero-order valence-electron chi connectivity index (χ0n) is 15.0. The van der Waals surface area contributed by atoms with Crippen molar-refractivity contribution in [2.24, 2.45) is 0 Å². The van der Waals surface area contributed by atoms with Crippen LogP contribution in [0.3, 0.4) is 0 Å². The molecule has 2 N–H and O–H groups in total. The third kappa shape index (κ3) is 3.28. The van der Waals surface area contributed by atoms with Gasteiger partial charge in [0.1, 0.15) is 22.9 Å². The molecule has 0 aliphatic carbocycles. The molecule has 0 fully saturated rings. The van der Waals surface area contributed by atoms with Crippen LogP contribution < -0.4 is 15.4 Å². The number of carbonyl (C=O) groups excluding carboxylic acids is 1. The highest BCUT2D eigenvalue weighted by atomic mass is 19.1. The average Bonchev–Trinajstić information content (AvgIpc) is 3.03. The first-order chi connectivity index (χ1) is 12.6. The molecule has 1 amide bonds. The van der Waals surface area contributed by atoms with Crippen molar-refractivity contribution in [1.29, 1.82) is 0 Å². The molecule has 0 atom stereocenters. The van der Waals surface area contributed by atoms with E-state index >= 15 is 0 Å². The van der Waals surface area contributed by atoms with E-state index < -0.39 is 0 Å². The first-order valence-corrected chi connectivity index (χ1v) is 8.35. The van der Waals surface area contributed by atoms with E-state index in [1.165, 1.54) is 12.1 Å². The lowest BCUT2D eigenvalue weighted by Gasteiger charge is -2.08. The van der Waals surface area contributed by atoms with Crippen LogP contribution in [-0.4, -0.2) is 33.7 Å². The van der Waals surface area contributed by atoms with Gasteiger partial charge in [-0.05, 0) is 62.0 Å². The molecule has 26 heavy (non-hydrogen) atoms. The molecule has 1 aromatic heterocycles. The Morgan fingerprint density at radius 3 is 2.54 bits per heavy atom. The maximum Gasteiger partial charge on any atom is 0.255 e. The maximum atomic E-state index is 13.3. The van der Waals surface area contributed by atoms with Crippen molar-refractivity contribution in [3.8, 4) is 17.1 Å². The molecule has 3 aromatic rings. The second kappa shape index (κ2) is 7.58. The van der Waals surface area contributed by atoms with E-state index in [1.54, 1.807) is 26.3 Å². The van der Waals surface area contributed by atoms with E-state index in [4.69, 9.17) is 9.15 Å². The average molecular weight is 356 g/mol. The van der Waals surface area contributed by atoms with Gasteiger partial charge in [0, 0.05) is 18.0 Å². The fourth-order valence-corrected chi connectivity index (χ4v) is 2.97. The van der Waals surface area contributed by atoms with Crippen LogP contribution in [0.5, 0.6) is 5.75 Å². The summed E-state index contributed by atoms with van der Waals surface area (Å²) in [7, 11) is 5.05. The summed E-state index contributed by atoms with van der Waals surface area (Å²) in [6.45, 7) is 0.787. The second-order valence-electron chi connectivity index (χ2n) is 5.91. The summed E-state index contributed by atoms with van der Waals surface area (Å²) in [5, 5.41) is 6.41. The number of fused-ring (bicyclic) bond motifs is 1. The molecule has 0 saturated carbocycles. The van der Waals surface area contributed by atoms with Crippen molar-refractivity contribution in [3.05, 3.63) is 53.3 Å². The Morgan fingerprint density at radius 2 is 1.92 bits per heavy atom. The Morgan fingerprint density at radius 1 is 1.19 bits per heavy atom. The van der Waals surface area contributed by atoms with Crippen LogP contribution in [-0.2, 0) is 6.42 Å². The molecule has 5 nitrogen and oxygen atoms in total. The SMILES string of the molecule is CNCCc1cc2oc(-c3ccc(F)cc3)c(C(=O)NC)c2cc1OC. The molecule has 0 aliphatic rings. The smallest absolute Gasteiger partial charge is 0.255 e. The largest absolute Gasteiger partial charge is 0.496 e. The number of furan rings is 1. The van der Waals surface area contributed by atoms with Gasteiger partial charge in [-0.2, -0.15) is 0 Å². The van der Waals surface area contributed by atoms with Crippen LogP contribution in [0.1, 0.15) is 15.9 Å². The number of halogens is 1. The lowest BCUT2D eigenvalue weighted by atomic mass is 10.0. The van der Waals surface area contributed by atoms with Gasteiger partial charge in [-0.25, -0.2) is 4.39 Å². The third-order valence-electron chi connectivity index (χ3n) is 4.30. The normalized spacial score (nSPS) is 10.9. The Labute approximate surface area is 151 Å². The molecule has 2 aromatic carbocycles. The number of amides is 1. The van der Waals surface area contributed by atoms with E-state index in [0.717, 1.165) is 18.5 Å². The van der Waals surface area contributed by atoms with Crippen LogP contribution in [0.2, 0.25) is 0 Å². The highest BCUT2D eigenvalue weighted by molar-refractivity contribution is 6.11. The molecule has 0 unspecified atom stereocenters. The van der Waals surface area contributed by atoms with E-state index in [9.17, 15) is 9.18 Å². The van der Waals surface area contributed by atoms with Crippen molar-refractivity contribution in [3.63, 3.8) is 0 Å². The first-order valence-electron chi connectivity index (χ1n) is 8.35. The fraction of sp³-hybridized carbons (Fsp3) is 0.250. The number of benzene rings is 2. The highest BCUT2D eigenvalue weighted by Crippen LogP contribution is 2.37. The monoisotopic (exact) mass is 356 g/mol. The van der Waals surface area contributed by atoms with Crippen molar-refractivity contribution in [2.75, 3.05) is 27.7 Å². The third-order valence-corrected chi connectivity index (χ3v) is 4.30. The van der Waals surface area contributed by atoms with Crippen molar-refractivity contribution in [2.45, 2.75) is 6.42 Å². The molecule has 0 spiro atoms. The van der Waals surface area contributed by atoms with Gasteiger partial charge in [0.2, 0.25) is 0 Å². The molecule has 0 aliphatic heterocycles. The summed E-state index contributed by atoms with van der Waals surface area (Å²) in [5.41, 5.74) is 2.62. The lowest BCUT2D eigenvalue weighted by molar-refractivity contribution is 0.0964. The van der Waals surface area contributed by atoms with Gasteiger partial charge in [-0.15, -0.1) is 0 Å². The minimum atomic E-state index is -0.345. The standard InChI is InChI=1S/C20H21FN2O3/c1-22-9-8-13-10-17-15(11-16(13)25-3)18(20(24)23-2)19(26-17)12-4-6-14(21)7-5-12/h4-7,10-11,22H,8-9H2,1-3H3,(H,23,24). The second-order valence-corrected chi connectivity index (χ2v) is 5.91. The van der Waals surface area contributed by atoms with Gasteiger partial charge >= 0.3 is 0 Å². The Hall–Kier alpha value is -2.86. The Balaban J connectivity index is 2.23. The fourth-order valence-electron chi connectivity index (χ4n) is 2.97. The summed E-state index contributed by atoms with van der Waals surface area (Å²) >= 11 is 0. The quantitative estimate of drug-likeness (QED) is 0.711. The molecule has 0 saturated heterocycles. The van der Waals surface area contributed by atoms with Gasteiger partial charge in [0.15, 0.2) is 0 Å². The Bertz CT molecular complexity index is 932. The molecule has 0 radical (unpaired) electrons. The van der Waals surface area contributed by atoms with Gasteiger partial charge in [-0.3, -0.25) is 4.79 Å². The number of ether oxygens (including phenoxy) is 1. The summed E-state index contributed by atoms with van der Waals surface area (Å²) in [6.07, 6.45) is 0.761. The number of rotatable bonds is 6. The Kier molecular flexibility index (Phi) is 5.23. The van der Waals surface area contributed by atoms with Crippen LogP contribution in [0.15, 0.2) is 40.8 Å². The number of carbonyl (C=O) groups is 1. The molecule has 1 heterocycles. The van der Waals surface area contributed by atoms with Crippen LogP contribution >= 0.6 is 0 Å². The number of hydrogen-bond acceptors (Lipinski definition) is 4. The van der Waals surface area contributed by atoms with Gasteiger partial charge < -0.3 is 19.8 Å². The van der Waals surface area contributed by atoms with Gasteiger partial charge in [0.25, 0.3) is 5.91 Å². The van der Waals surface area contributed by atoms with Crippen LogP contribution in [0.25, 0.3) is 22.3 Å². The number of hydrogen-bond donors (Lipinski definition) is 2. The number of methoxy groups -OCH3 is 1. The van der Waals surface area contributed by atoms with Crippen LogP contribution in [0, 0.1) is 5.82 Å². The van der Waals surface area contributed by atoms with Gasteiger partial charge in [-0.1, -0.05) is 0 Å². The lowest BCUT2D eigenvalue weighted by Crippen LogP contribution is -2.18. The van der Waals surface area contributed by atoms with Crippen molar-refractivity contribution in [1.82, 2.24) is 10.6 Å². The molecule has 0 bridgehead atoms. The summed E-state index contributed by atoms with van der Waals surface area (Å²) in [5.74, 6) is 0.493.